The van der Waals surface area contributed by atoms with Gasteiger partial charge in [-0.15, -0.1) is 0 Å². The molecule has 0 bridgehead atoms. The van der Waals surface area contributed by atoms with Crippen molar-refractivity contribution in [3.05, 3.63) is 28.8 Å². The second-order valence-electron chi connectivity index (χ2n) is 5.03. The number of aliphatic hydroxyl groups excluding tert-OH is 1. The van der Waals surface area contributed by atoms with Crippen molar-refractivity contribution in [3.8, 4) is 0 Å². The molecule has 1 aromatic rings. The zero-order chi connectivity index (χ0) is 13.8. The van der Waals surface area contributed by atoms with Crippen LogP contribution >= 0.6 is 11.6 Å². The predicted molar refractivity (Wildman–Crippen MR) is 76.6 cm³/mol. The van der Waals surface area contributed by atoms with Crippen molar-refractivity contribution < 1.29 is 9.90 Å². The summed E-state index contributed by atoms with van der Waals surface area (Å²) in [6.07, 6.45) is 1.92. The van der Waals surface area contributed by atoms with E-state index < -0.39 is 0 Å². The number of anilines is 1. The fourth-order valence-electron chi connectivity index (χ4n) is 2.27. The molecule has 1 unspecified atom stereocenters. The number of hydrogen-bond donors (Lipinski definition) is 2. The van der Waals surface area contributed by atoms with Gasteiger partial charge in [-0.1, -0.05) is 17.7 Å². The maximum absolute atomic E-state index is 12.1. The summed E-state index contributed by atoms with van der Waals surface area (Å²) >= 11 is 6.03. The van der Waals surface area contributed by atoms with Crippen LogP contribution in [0.3, 0.4) is 0 Å². The van der Waals surface area contributed by atoms with Gasteiger partial charge in [-0.3, -0.25) is 0 Å². The van der Waals surface area contributed by atoms with E-state index in [-0.39, 0.29) is 18.6 Å². The van der Waals surface area contributed by atoms with E-state index in [2.05, 4.69) is 5.32 Å². The molecule has 1 fully saturated rings. The average Bonchev–Trinajstić information content (AvgIpc) is 2.43. The third kappa shape index (κ3) is 3.61. The van der Waals surface area contributed by atoms with E-state index in [0.29, 0.717) is 17.3 Å². The summed E-state index contributed by atoms with van der Waals surface area (Å²) in [5.74, 6) is 0.195. The number of carbonyl (C=O) groups is 1. The Morgan fingerprint density at radius 3 is 3.05 bits per heavy atom. The average molecular weight is 283 g/mol. The molecular weight excluding hydrogens is 264 g/mol. The number of aryl methyl sites for hydroxylation is 1. The van der Waals surface area contributed by atoms with E-state index in [1.807, 2.05) is 19.1 Å². The Balaban J connectivity index is 1.98. The number of carbonyl (C=O) groups excluding carboxylic acids is 1. The number of amides is 2. The molecule has 0 saturated carbocycles. The molecule has 5 heteroatoms. The number of aliphatic hydroxyl groups is 1. The van der Waals surface area contributed by atoms with Crippen LogP contribution in [0.15, 0.2) is 18.2 Å². The predicted octanol–water partition coefficient (Wildman–Crippen LogP) is 2.88. The molecule has 1 heterocycles. The van der Waals surface area contributed by atoms with Crippen LogP contribution in [-0.2, 0) is 0 Å². The summed E-state index contributed by atoms with van der Waals surface area (Å²) in [7, 11) is 0. The van der Waals surface area contributed by atoms with Crippen molar-refractivity contribution in [3.63, 3.8) is 0 Å². The van der Waals surface area contributed by atoms with Gasteiger partial charge < -0.3 is 15.3 Å². The second-order valence-corrected chi connectivity index (χ2v) is 5.44. The Labute approximate surface area is 118 Å². The molecule has 1 aliphatic heterocycles. The molecule has 2 N–H and O–H groups in total. The first-order valence-electron chi connectivity index (χ1n) is 6.53. The lowest BCUT2D eigenvalue weighted by Gasteiger charge is -2.31. The molecule has 0 aliphatic carbocycles. The minimum Gasteiger partial charge on any atom is -0.396 e. The van der Waals surface area contributed by atoms with Crippen LogP contribution in [0, 0.1) is 12.8 Å². The Bertz CT molecular complexity index is 465. The van der Waals surface area contributed by atoms with Gasteiger partial charge in [0.25, 0.3) is 0 Å². The summed E-state index contributed by atoms with van der Waals surface area (Å²) in [5.41, 5.74) is 1.68. The molecule has 4 nitrogen and oxygen atoms in total. The fraction of sp³-hybridized carbons (Fsp3) is 0.500. The number of hydrogen-bond acceptors (Lipinski definition) is 2. The van der Waals surface area contributed by atoms with Crippen molar-refractivity contribution in [2.75, 3.05) is 25.0 Å². The first-order chi connectivity index (χ1) is 9.10. The molecule has 2 rings (SSSR count). The molecule has 2 amide bonds. The first-order valence-corrected chi connectivity index (χ1v) is 6.91. The highest BCUT2D eigenvalue weighted by Gasteiger charge is 2.23. The third-order valence-corrected chi connectivity index (χ3v) is 3.89. The van der Waals surface area contributed by atoms with Crippen LogP contribution < -0.4 is 5.32 Å². The van der Waals surface area contributed by atoms with E-state index in [9.17, 15) is 9.90 Å². The fourth-order valence-corrected chi connectivity index (χ4v) is 2.45. The summed E-state index contributed by atoms with van der Waals surface area (Å²) < 4.78 is 0. The summed E-state index contributed by atoms with van der Waals surface area (Å²) in [5, 5.41) is 12.7. The van der Waals surface area contributed by atoms with Crippen LogP contribution in [0.1, 0.15) is 18.4 Å². The normalized spacial score (nSPS) is 19.3. The lowest BCUT2D eigenvalue weighted by Crippen LogP contribution is -2.43. The number of likely N-dealkylation sites (tertiary alicyclic amines) is 1. The summed E-state index contributed by atoms with van der Waals surface area (Å²) in [6, 6.07) is 5.34. The van der Waals surface area contributed by atoms with Gasteiger partial charge in [0.15, 0.2) is 0 Å². The van der Waals surface area contributed by atoms with Gasteiger partial charge in [-0.05, 0) is 43.4 Å². The quantitative estimate of drug-likeness (QED) is 0.876. The highest BCUT2D eigenvalue weighted by molar-refractivity contribution is 6.31. The molecular formula is C14H19ClN2O2. The van der Waals surface area contributed by atoms with Crippen LogP contribution in [0.2, 0.25) is 5.02 Å². The van der Waals surface area contributed by atoms with E-state index in [4.69, 9.17) is 11.6 Å². The highest BCUT2D eigenvalue weighted by atomic mass is 35.5. The Morgan fingerprint density at radius 2 is 2.37 bits per heavy atom. The topological polar surface area (TPSA) is 52.6 Å². The van der Waals surface area contributed by atoms with Gasteiger partial charge in [0.2, 0.25) is 0 Å². The van der Waals surface area contributed by atoms with Gasteiger partial charge >= 0.3 is 6.03 Å². The lowest BCUT2D eigenvalue weighted by atomic mass is 9.99. The SMILES string of the molecule is Cc1ccc(NC(=O)N2CCCC(CO)C2)cc1Cl. The zero-order valence-corrected chi connectivity index (χ0v) is 11.8. The van der Waals surface area contributed by atoms with Crippen LogP contribution in [0.4, 0.5) is 10.5 Å². The van der Waals surface area contributed by atoms with E-state index in [1.165, 1.54) is 0 Å². The van der Waals surface area contributed by atoms with Gasteiger partial charge in [0.05, 0.1) is 0 Å². The maximum atomic E-state index is 12.1. The first kappa shape index (κ1) is 14.2. The van der Waals surface area contributed by atoms with E-state index in [0.717, 1.165) is 24.9 Å². The number of nitrogens with one attached hydrogen (secondary N) is 1. The zero-order valence-electron chi connectivity index (χ0n) is 11.0. The molecule has 0 aromatic heterocycles. The molecule has 1 atom stereocenters. The Morgan fingerprint density at radius 1 is 1.58 bits per heavy atom. The lowest BCUT2D eigenvalue weighted by molar-refractivity contribution is 0.136. The number of rotatable bonds is 2. The van der Waals surface area contributed by atoms with Gasteiger partial charge in [-0.25, -0.2) is 4.79 Å². The van der Waals surface area contributed by atoms with E-state index >= 15 is 0 Å². The molecule has 1 aromatic carbocycles. The maximum Gasteiger partial charge on any atom is 0.321 e. The number of urea groups is 1. The summed E-state index contributed by atoms with van der Waals surface area (Å²) in [4.78, 5) is 13.9. The minimum absolute atomic E-state index is 0.127. The van der Waals surface area contributed by atoms with Crippen LogP contribution in [-0.4, -0.2) is 35.7 Å². The standard InChI is InChI=1S/C14H19ClN2O2/c1-10-4-5-12(7-13(10)15)16-14(19)17-6-2-3-11(8-17)9-18/h4-5,7,11,18H,2-3,6,8-9H2,1H3,(H,16,19). The van der Waals surface area contributed by atoms with Gasteiger partial charge in [-0.2, -0.15) is 0 Å². The number of nitrogens with zero attached hydrogens (tertiary/aromatic N) is 1. The van der Waals surface area contributed by atoms with Crippen LogP contribution in [0.25, 0.3) is 0 Å². The van der Waals surface area contributed by atoms with Crippen molar-refractivity contribution in [1.82, 2.24) is 4.90 Å². The van der Waals surface area contributed by atoms with Crippen LogP contribution in [0.5, 0.6) is 0 Å². The van der Waals surface area contributed by atoms with Crippen molar-refractivity contribution >= 4 is 23.3 Å². The van der Waals surface area contributed by atoms with Gasteiger partial charge in [0, 0.05) is 30.4 Å². The number of benzene rings is 1. The summed E-state index contributed by atoms with van der Waals surface area (Å²) in [6.45, 7) is 3.41. The molecule has 0 radical (unpaired) electrons. The molecule has 1 saturated heterocycles. The molecule has 104 valence electrons. The third-order valence-electron chi connectivity index (χ3n) is 3.49. The largest absolute Gasteiger partial charge is 0.396 e. The Kier molecular flexibility index (Phi) is 4.66. The van der Waals surface area contributed by atoms with Crippen molar-refractivity contribution in [1.29, 1.82) is 0 Å². The molecule has 0 spiro atoms. The minimum atomic E-state index is -0.127. The van der Waals surface area contributed by atoms with Crippen molar-refractivity contribution in [2.45, 2.75) is 19.8 Å². The van der Waals surface area contributed by atoms with Gasteiger partial charge in [0.1, 0.15) is 0 Å². The molecule has 19 heavy (non-hydrogen) atoms. The highest BCUT2D eigenvalue weighted by Crippen LogP contribution is 2.21. The van der Waals surface area contributed by atoms with E-state index in [1.54, 1.807) is 11.0 Å². The van der Waals surface area contributed by atoms with Crippen molar-refractivity contribution in [2.24, 2.45) is 5.92 Å². The smallest absolute Gasteiger partial charge is 0.321 e. The number of piperidine rings is 1. The number of halogens is 1. The Hall–Kier alpha value is -1.26. The second kappa shape index (κ2) is 6.26. The molecule has 1 aliphatic rings. The monoisotopic (exact) mass is 282 g/mol.